The fourth-order valence-electron chi connectivity index (χ4n) is 4.83. The Balaban J connectivity index is 1.32. The number of amides is 2. The third-order valence-corrected chi connectivity index (χ3v) is 9.42. The Morgan fingerprint density at radius 1 is 1.18 bits per heavy atom. The lowest BCUT2D eigenvalue weighted by Gasteiger charge is -2.44. The molecule has 2 heterocycles. The highest BCUT2D eigenvalue weighted by Gasteiger charge is 2.44. The van der Waals surface area contributed by atoms with Crippen molar-refractivity contribution in [2.75, 3.05) is 18.4 Å². The fraction of sp³-hybridized carbons (Fsp3) is 0.500. The van der Waals surface area contributed by atoms with E-state index < -0.39 is 27.1 Å². The summed E-state index contributed by atoms with van der Waals surface area (Å²) in [5.74, 6) is 0.0948. The number of piperidine rings is 1. The first-order valence-electron chi connectivity index (χ1n) is 11.6. The topological polar surface area (TPSA) is 91.4 Å². The number of nitrogens with zero attached hydrogens (tertiary/aromatic N) is 2. The van der Waals surface area contributed by atoms with E-state index in [4.69, 9.17) is 11.6 Å². The van der Waals surface area contributed by atoms with E-state index in [1.165, 1.54) is 16.4 Å². The van der Waals surface area contributed by atoms with Crippen LogP contribution in [0, 0.1) is 5.92 Å². The number of alkyl halides is 2. The molecular formula is C24H30ClFN4O3S. The maximum atomic E-state index is 13.9. The summed E-state index contributed by atoms with van der Waals surface area (Å²) in [5.41, 5.74) is 1.36. The van der Waals surface area contributed by atoms with Crippen LogP contribution in [0.25, 0.3) is 0 Å². The van der Waals surface area contributed by atoms with Gasteiger partial charge in [0.1, 0.15) is 6.17 Å². The molecule has 2 unspecified atom stereocenters. The maximum absolute atomic E-state index is 13.9. The number of rotatable bonds is 6. The molecule has 2 aliphatic rings. The zero-order chi connectivity index (χ0) is 24.2. The van der Waals surface area contributed by atoms with Crippen molar-refractivity contribution in [3.05, 3.63) is 54.4 Å². The molecule has 2 aromatic rings. The molecule has 184 valence electrons. The molecule has 34 heavy (non-hydrogen) atoms. The summed E-state index contributed by atoms with van der Waals surface area (Å²) in [6.45, 7) is 0.960. The van der Waals surface area contributed by atoms with Gasteiger partial charge in [-0.05, 0) is 73.9 Å². The summed E-state index contributed by atoms with van der Waals surface area (Å²) in [6, 6.07) is 9.36. The molecule has 4 rings (SSSR count). The number of pyridine rings is 1. The number of carbonyl (C=O) groups excluding carboxylic acids is 1. The predicted molar refractivity (Wildman–Crippen MR) is 130 cm³/mol. The number of nitrogens with one attached hydrogen (secondary N) is 2. The van der Waals surface area contributed by atoms with E-state index >= 15 is 0 Å². The third-order valence-electron chi connectivity index (χ3n) is 6.82. The van der Waals surface area contributed by atoms with Crippen LogP contribution in [0.4, 0.5) is 14.9 Å². The van der Waals surface area contributed by atoms with Crippen molar-refractivity contribution in [2.45, 2.75) is 61.0 Å². The van der Waals surface area contributed by atoms with Crippen LogP contribution in [0.5, 0.6) is 0 Å². The number of aromatic nitrogens is 1. The van der Waals surface area contributed by atoms with Gasteiger partial charge >= 0.3 is 6.03 Å². The van der Waals surface area contributed by atoms with E-state index in [9.17, 15) is 17.6 Å². The van der Waals surface area contributed by atoms with Crippen molar-refractivity contribution in [1.82, 2.24) is 14.6 Å². The van der Waals surface area contributed by atoms with Crippen molar-refractivity contribution in [1.29, 1.82) is 0 Å². The average molecular weight is 509 g/mol. The molecule has 1 saturated heterocycles. The molecule has 0 radical (unpaired) electrons. The summed E-state index contributed by atoms with van der Waals surface area (Å²) in [5, 5.41) is 5.42. The molecule has 1 saturated carbocycles. The molecule has 2 atom stereocenters. The van der Waals surface area contributed by atoms with Crippen LogP contribution >= 0.6 is 11.6 Å². The van der Waals surface area contributed by atoms with Crippen molar-refractivity contribution < 1.29 is 17.6 Å². The molecule has 7 nitrogen and oxygen atoms in total. The van der Waals surface area contributed by atoms with Gasteiger partial charge in [0.05, 0.1) is 9.77 Å². The second-order valence-corrected chi connectivity index (χ2v) is 11.8. The number of benzene rings is 1. The summed E-state index contributed by atoms with van der Waals surface area (Å²) in [7, 11) is -3.68. The highest BCUT2D eigenvalue weighted by atomic mass is 35.5. The Labute approximate surface area is 205 Å². The van der Waals surface area contributed by atoms with Crippen LogP contribution in [-0.2, 0) is 16.6 Å². The van der Waals surface area contributed by atoms with Gasteiger partial charge in [0.15, 0.2) is 0 Å². The van der Waals surface area contributed by atoms with Gasteiger partial charge in [0, 0.05) is 37.7 Å². The van der Waals surface area contributed by atoms with Gasteiger partial charge in [0.2, 0.25) is 10.0 Å². The quantitative estimate of drug-likeness (QED) is 0.553. The Kier molecular flexibility index (Phi) is 7.74. The minimum absolute atomic E-state index is 0.0948. The molecule has 0 spiro atoms. The first kappa shape index (κ1) is 24.9. The number of anilines is 1. The minimum Gasteiger partial charge on any atom is -0.334 e. The molecule has 2 N–H and O–H groups in total. The average Bonchev–Trinajstić information content (AvgIpc) is 2.84. The SMILES string of the molecule is O=C(NCc1cccnc1)Nc1ccc(S(=O)(=O)N2CCC(Cl)(C3CCCC(F)C3)CC2)cc1. The van der Waals surface area contributed by atoms with Gasteiger partial charge in [-0.3, -0.25) is 4.98 Å². The number of sulfonamides is 1. The Morgan fingerprint density at radius 3 is 2.56 bits per heavy atom. The monoisotopic (exact) mass is 508 g/mol. The van der Waals surface area contributed by atoms with Crippen molar-refractivity contribution in [3.8, 4) is 0 Å². The number of halogens is 2. The van der Waals surface area contributed by atoms with Crippen LogP contribution in [0.15, 0.2) is 53.7 Å². The first-order valence-corrected chi connectivity index (χ1v) is 13.4. The maximum Gasteiger partial charge on any atom is 0.319 e. The Hall–Kier alpha value is -2.23. The lowest BCUT2D eigenvalue weighted by Crippen LogP contribution is -2.48. The highest BCUT2D eigenvalue weighted by molar-refractivity contribution is 7.89. The highest BCUT2D eigenvalue weighted by Crippen LogP contribution is 2.45. The molecule has 10 heteroatoms. The van der Waals surface area contributed by atoms with Crippen LogP contribution in [0.3, 0.4) is 0 Å². The molecule has 1 aliphatic carbocycles. The molecule has 1 aromatic carbocycles. The van der Waals surface area contributed by atoms with Crippen LogP contribution in [0.2, 0.25) is 0 Å². The lowest BCUT2D eigenvalue weighted by atomic mass is 9.75. The van der Waals surface area contributed by atoms with Crippen LogP contribution in [-0.4, -0.2) is 47.9 Å². The number of hydrogen-bond donors (Lipinski definition) is 2. The molecule has 2 fully saturated rings. The first-order chi connectivity index (χ1) is 16.3. The van der Waals surface area contributed by atoms with E-state index in [1.807, 2.05) is 6.07 Å². The van der Waals surface area contributed by atoms with Crippen LogP contribution in [0.1, 0.15) is 44.1 Å². The zero-order valence-electron chi connectivity index (χ0n) is 18.9. The zero-order valence-corrected chi connectivity index (χ0v) is 20.5. The number of hydrogen-bond acceptors (Lipinski definition) is 4. The molecule has 1 aliphatic heterocycles. The normalized spacial score (nSPS) is 23.2. The van der Waals surface area contributed by atoms with Crippen molar-refractivity contribution >= 4 is 33.3 Å². The Morgan fingerprint density at radius 2 is 1.91 bits per heavy atom. The van der Waals surface area contributed by atoms with E-state index in [2.05, 4.69) is 15.6 Å². The Bertz CT molecular complexity index is 1080. The van der Waals surface area contributed by atoms with Gasteiger partial charge in [-0.1, -0.05) is 12.5 Å². The van der Waals surface area contributed by atoms with Gasteiger partial charge in [-0.25, -0.2) is 17.6 Å². The van der Waals surface area contributed by atoms with Crippen LogP contribution < -0.4 is 10.6 Å². The fourth-order valence-corrected chi connectivity index (χ4v) is 6.63. The third kappa shape index (κ3) is 5.87. The van der Waals surface area contributed by atoms with Gasteiger partial charge in [-0.2, -0.15) is 4.31 Å². The summed E-state index contributed by atoms with van der Waals surface area (Å²) < 4.78 is 41.6. The molecular weight excluding hydrogens is 479 g/mol. The molecule has 0 bridgehead atoms. The van der Waals surface area contributed by atoms with Gasteiger partial charge in [-0.15, -0.1) is 11.6 Å². The van der Waals surface area contributed by atoms with Crippen molar-refractivity contribution in [3.63, 3.8) is 0 Å². The number of urea groups is 1. The lowest BCUT2D eigenvalue weighted by molar-refractivity contribution is 0.136. The number of carbonyl (C=O) groups is 1. The summed E-state index contributed by atoms with van der Waals surface area (Å²) >= 11 is 6.88. The standard InChI is InChI=1S/C24H30ClFN4O3S/c25-24(19-4-1-5-20(26)15-19)10-13-30(14-11-24)34(32,33)22-8-6-21(7-9-22)29-23(31)28-17-18-3-2-12-27-16-18/h2-3,6-9,12,16,19-20H,1,4-5,10-11,13-15,17H2,(H2,28,29,31). The van der Waals surface area contributed by atoms with E-state index in [1.54, 1.807) is 30.6 Å². The van der Waals surface area contributed by atoms with E-state index in [-0.39, 0.29) is 10.8 Å². The second-order valence-electron chi connectivity index (χ2n) is 9.09. The predicted octanol–water partition coefficient (Wildman–Crippen LogP) is 4.69. The molecule has 2 amide bonds. The van der Waals surface area contributed by atoms with E-state index in [0.717, 1.165) is 18.4 Å². The summed E-state index contributed by atoms with van der Waals surface area (Å²) in [6.07, 6.45) is 6.37. The smallest absolute Gasteiger partial charge is 0.319 e. The second kappa shape index (κ2) is 10.6. The largest absolute Gasteiger partial charge is 0.334 e. The summed E-state index contributed by atoms with van der Waals surface area (Å²) in [4.78, 5) is 15.7. The minimum atomic E-state index is -3.68. The van der Waals surface area contributed by atoms with Gasteiger partial charge < -0.3 is 10.6 Å². The van der Waals surface area contributed by atoms with Gasteiger partial charge in [0.25, 0.3) is 0 Å². The molecule has 1 aromatic heterocycles. The van der Waals surface area contributed by atoms with E-state index in [0.29, 0.717) is 51.0 Å². The van der Waals surface area contributed by atoms with Crippen molar-refractivity contribution in [2.24, 2.45) is 5.92 Å².